The van der Waals surface area contributed by atoms with E-state index in [9.17, 15) is 4.79 Å². The molecule has 0 aliphatic carbocycles. The van der Waals surface area contributed by atoms with Crippen LogP contribution in [0.4, 0.5) is 5.69 Å². The fourth-order valence-corrected chi connectivity index (χ4v) is 1.93. The first-order valence-electron chi connectivity index (χ1n) is 6.48. The van der Waals surface area contributed by atoms with Gasteiger partial charge in [-0.3, -0.25) is 4.79 Å². The predicted octanol–water partition coefficient (Wildman–Crippen LogP) is 1.92. The van der Waals surface area contributed by atoms with Crippen LogP contribution < -0.4 is 20.1 Å². The molecule has 0 aromatic heterocycles. The lowest BCUT2D eigenvalue weighted by atomic mass is 10.2. The van der Waals surface area contributed by atoms with Gasteiger partial charge in [-0.1, -0.05) is 11.6 Å². The van der Waals surface area contributed by atoms with E-state index in [1.165, 1.54) is 14.2 Å². The maximum absolute atomic E-state index is 11.9. The van der Waals surface area contributed by atoms with Crippen molar-refractivity contribution in [2.45, 2.75) is 13.0 Å². The van der Waals surface area contributed by atoms with Crippen molar-refractivity contribution in [2.75, 3.05) is 39.8 Å². The normalized spacial score (nSPS) is 11.7. The fraction of sp³-hybridized carbons (Fsp3) is 0.500. The van der Waals surface area contributed by atoms with Crippen LogP contribution in [-0.4, -0.2) is 46.4 Å². The highest BCUT2D eigenvalue weighted by molar-refractivity contribution is 6.32. The quantitative estimate of drug-likeness (QED) is 0.717. The summed E-state index contributed by atoms with van der Waals surface area (Å²) in [6.07, 6.45) is 0. The zero-order valence-corrected chi connectivity index (χ0v) is 13.4. The summed E-state index contributed by atoms with van der Waals surface area (Å²) in [5, 5.41) is 6.27. The minimum atomic E-state index is -0.443. The van der Waals surface area contributed by atoms with E-state index in [1.807, 2.05) is 0 Å². The molecule has 21 heavy (non-hydrogen) atoms. The number of carbonyl (C=O) groups is 1. The van der Waals surface area contributed by atoms with Gasteiger partial charge in [0.15, 0.2) is 0 Å². The molecule has 1 aromatic carbocycles. The average molecular weight is 317 g/mol. The van der Waals surface area contributed by atoms with Gasteiger partial charge in [-0.15, -0.1) is 0 Å². The van der Waals surface area contributed by atoms with Gasteiger partial charge in [0, 0.05) is 25.8 Å². The van der Waals surface area contributed by atoms with Crippen LogP contribution in [0.5, 0.6) is 11.5 Å². The number of benzene rings is 1. The average Bonchev–Trinajstić information content (AvgIpc) is 2.48. The van der Waals surface area contributed by atoms with Gasteiger partial charge in [0.05, 0.1) is 31.5 Å². The van der Waals surface area contributed by atoms with E-state index in [0.29, 0.717) is 35.4 Å². The molecule has 0 saturated heterocycles. The Morgan fingerprint density at radius 3 is 2.48 bits per heavy atom. The van der Waals surface area contributed by atoms with Gasteiger partial charge in [0.1, 0.15) is 17.5 Å². The topological polar surface area (TPSA) is 68.8 Å². The van der Waals surface area contributed by atoms with Gasteiger partial charge >= 0.3 is 0 Å². The van der Waals surface area contributed by atoms with Crippen LogP contribution in [-0.2, 0) is 9.53 Å². The molecule has 0 saturated carbocycles. The summed E-state index contributed by atoms with van der Waals surface area (Å²) < 4.78 is 15.3. The first-order valence-corrected chi connectivity index (χ1v) is 6.86. The zero-order chi connectivity index (χ0) is 15.8. The van der Waals surface area contributed by atoms with E-state index in [1.54, 1.807) is 26.2 Å². The lowest BCUT2D eigenvalue weighted by Crippen LogP contribution is -2.39. The lowest BCUT2D eigenvalue weighted by Gasteiger charge is -2.18. The Morgan fingerprint density at radius 1 is 1.24 bits per heavy atom. The van der Waals surface area contributed by atoms with Crippen LogP contribution in [0.25, 0.3) is 0 Å². The molecule has 0 fully saturated rings. The Labute approximate surface area is 129 Å². The summed E-state index contributed by atoms with van der Waals surface area (Å²) in [6.45, 7) is 2.68. The van der Waals surface area contributed by atoms with Crippen LogP contribution in [0.2, 0.25) is 5.02 Å². The minimum absolute atomic E-state index is 0.136. The highest BCUT2D eigenvalue weighted by Gasteiger charge is 2.16. The summed E-state index contributed by atoms with van der Waals surface area (Å²) in [4.78, 5) is 11.9. The molecule has 0 aliphatic heterocycles. The highest BCUT2D eigenvalue weighted by Crippen LogP contribution is 2.36. The smallest absolute Gasteiger partial charge is 0.242 e. The number of amides is 1. The summed E-state index contributed by atoms with van der Waals surface area (Å²) in [5.74, 6) is 0.910. The maximum atomic E-state index is 11.9. The third kappa shape index (κ3) is 4.99. The molecule has 2 N–H and O–H groups in total. The summed E-state index contributed by atoms with van der Waals surface area (Å²) in [5.41, 5.74) is 0.633. The lowest BCUT2D eigenvalue weighted by molar-refractivity contribution is -0.121. The first-order chi connectivity index (χ1) is 10.0. The second-order valence-electron chi connectivity index (χ2n) is 4.34. The Balaban J connectivity index is 2.78. The van der Waals surface area contributed by atoms with E-state index in [4.69, 9.17) is 25.8 Å². The molecule has 0 heterocycles. The number of anilines is 1. The Hall–Kier alpha value is -1.66. The summed E-state index contributed by atoms with van der Waals surface area (Å²) >= 11 is 6.04. The van der Waals surface area contributed by atoms with Gasteiger partial charge in [0.25, 0.3) is 0 Å². The molecule has 0 spiro atoms. The molecule has 0 radical (unpaired) electrons. The molecule has 0 bridgehead atoms. The number of nitrogens with one attached hydrogen (secondary N) is 2. The molecular weight excluding hydrogens is 296 g/mol. The van der Waals surface area contributed by atoms with Crippen molar-refractivity contribution in [1.29, 1.82) is 0 Å². The molecule has 0 aliphatic rings. The third-order valence-electron chi connectivity index (χ3n) is 2.84. The van der Waals surface area contributed by atoms with Crippen molar-refractivity contribution < 1.29 is 19.0 Å². The Morgan fingerprint density at radius 2 is 1.90 bits per heavy atom. The molecule has 1 rings (SSSR count). The second kappa shape index (κ2) is 8.59. The van der Waals surface area contributed by atoms with E-state index in [-0.39, 0.29) is 5.91 Å². The largest absolute Gasteiger partial charge is 0.495 e. The molecule has 6 nitrogen and oxygen atoms in total. The van der Waals surface area contributed by atoms with Gasteiger partial charge in [-0.05, 0) is 6.92 Å². The van der Waals surface area contributed by atoms with Crippen LogP contribution in [0.15, 0.2) is 12.1 Å². The molecular formula is C14H21ClN2O4. The van der Waals surface area contributed by atoms with E-state index >= 15 is 0 Å². The van der Waals surface area contributed by atoms with Crippen LogP contribution >= 0.6 is 11.6 Å². The van der Waals surface area contributed by atoms with Crippen molar-refractivity contribution in [3.05, 3.63) is 17.2 Å². The fourth-order valence-electron chi connectivity index (χ4n) is 1.70. The molecule has 1 atom stereocenters. The van der Waals surface area contributed by atoms with E-state index in [0.717, 1.165) is 0 Å². The molecule has 1 amide bonds. The van der Waals surface area contributed by atoms with Crippen molar-refractivity contribution in [1.82, 2.24) is 5.32 Å². The SMILES string of the molecule is COCCNC(=O)C(C)Nc1cc(OC)c(Cl)cc1OC. The molecule has 7 heteroatoms. The van der Waals surface area contributed by atoms with Crippen LogP contribution in [0.3, 0.4) is 0 Å². The number of carbonyl (C=O) groups excluding carboxylic acids is 1. The third-order valence-corrected chi connectivity index (χ3v) is 3.14. The number of hydrogen-bond acceptors (Lipinski definition) is 5. The number of methoxy groups -OCH3 is 3. The summed E-state index contributed by atoms with van der Waals surface area (Å²) in [7, 11) is 4.64. The molecule has 118 valence electrons. The Kier molecular flexibility index (Phi) is 7.11. The number of rotatable bonds is 8. The molecule has 1 aromatic rings. The second-order valence-corrected chi connectivity index (χ2v) is 4.74. The minimum Gasteiger partial charge on any atom is -0.495 e. The Bertz CT molecular complexity index is 482. The highest BCUT2D eigenvalue weighted by atomic mass is 35.5. The predicted molar refractivity (Wildman–Crippen MR) is 82.5 cm³/mol. The van der Waals surface area contributed by atoms with Gasteiger partial charge in [-0.25, -0.2) is 0 Å². The first kappa shape index (κ1) is 17.4. The monoisotopic (exact) mass is 316 g/mol. The van der Waals surface area contributed by atoms with Crippen molar-refractivity contribution >= 4 is 23.2 Å². The molecule has 1 unspecified atom stereocenters. The van der Waals surface area contributed by atoms with Gasteiger partial charge < -0.3 is 24.8 Å². The van der Waals surface area contributed by atoms with Crippen molar-refractivity contribution in [2.24, 2.45) is 0 Å². The zero-order valence-electron chi connectivity index (χ0n) is 12.7. The van der Waals surface area contributed by atoms with Gasteiger partial charge in [-0.2, -0.15) is 0 Å². The van der Waals surface area contributed by atoms with Crippen LogP contribution in [0.1, 0.15) is 6.92 Å². The maximum Gasteiger partial charge on any atom is 0.242 e. The van der Waals surface area contributed by atoms with Gasteiger partial charge in [0.2, 0.25) is 5.91 Å². The number of halogens is 1. The van der Waals surface area contributed by atoms with E-state index in [2.05, 4.69) is 10.6 Å². The standard InChI is InChI=1S/C14H21ClN2O4/c1-9(14(18)16-5-6-19-2)17-11-8-12(20-3)10(15)7-13(11)21-4/h7-9,17H,5-6H2,1-4H3,(H,16,18). The number of hydrogen-bond donors (Lipinski definition) is 2. The van der Waals surface area contributed by atoms with Crippen molar-refractivity contribution in [3.63, 3.8) is 0 Å². The number of ether oxygens (including phenoxy) is 3. The summed E-state index contributed by atoms with van der Waals surface area (Å²) in [6, 6.07) is 2.89. The van der Waals surface area contributed by atoms with Crippen LogP contribution in [0, 0.1) is 0 Å². The van der Waals surface area contributed by atoms with Crippen molar-refractivity contribution in [3.8, 4) is 11.5 Å². The van der Waals surface area contributed by atoms with E-state index < -0.39 is 6.04 Å².